The second-order valence-electron chi connectivity index (χ2n) is 6.11. The average Bonchev–Trinajstić information content (AvgIpc) is 2.40. The van der Waals surface area contributed by atoms with Crippen LogP contribution in [0.4, 0.5) is 0 Å². The molecular formula is C16H32N2O. The van der Waals surface area contributed by atoms with Crippen LogP contribution in [0, 0.1) is 5.92 Å². The summed E-state index contributed by atoms with van der Waals surface area (Å²) in [4.78, 5) is 11.7. The Kier molecular flexibility index (Phi) is 8.89. The van der Waals surface area contributed by atoms with Gasteiger partial charge in [0, 0.05) is 19.0 Å². The summed E-state index contributed by atoms with van der Waals surface area (Å²) in [6, 6.07) is 0.356. The second kappa shape index (κ2) is 10.2. The Morgan fingerprint density at radius 3 is 2.63 bits per heavy atom. The highest BCUT2D eigenvalue weighted by molar-refractivity contribution is 5.75. The molecule has 0 radical (unpaired) electrons. The maximum Gasteiger partial charge on any atom is 0.220 e. The summed E-state index contributed by atoms with van der Waals surface area (Å²) in [5, 5.41) is 3.08. The maximum atomic E-state index is 11.7. The van der Waals surface area contributed by atoms with Crippen LogP contribution < -0.4 is 11.1 Å². The predicted molar refractivity (Wildman–Crippen MR) is 80.9 cm³/mol. The standard InChI is InChI=1S/C16H32N2O/c1-2-3-4-5-6-7-11-16(19)18-13-14-9-8-10-15(17)12-14/h14-15H,2-13,17H2,1H3,(H,18,19). The van der Waals surface area contributed by atoms with Crippen molar-refractivity contribution in [2.24, 2.45) is 11.7 Å². The van der Waals surface area contributed by atoms with Gasteiger partial charge in [-0.05, 0) is 31.6 Å². The van der Waals surface area contributed by atoms with Gasteiger partial charge in [-0.3, -0.25) is 4.79 Å². The van der Waals surface area contributed by atoms with Crippen molar-refractivity contribution in [1.29, 1.82) is 0 Å². The lowest BCUT2D eigenvalue weighted by molar-refractivity contribution is -0.121. The van der Waals surface area contributed by atoms with E-state index < -0.39 is 0 Å². The molecule has 1 saturated carbocycles. The molecule has 3 N–H and O–H groups in total. The van der Waals surface area contributed by atoms with E-state index in [2.05, 4.69) is 12.2 Å². The van der Waals surface area contributed by atoms with Gasteiger partial charge in [-0.15, -0.1) is 0 Å². The molecule has 0 aliphatic heterocycles. The number of hydrogen-bond donors (Lipinski definition) is 2. The van der Waals surface area contributed by atoms with E-state index in [9.17, 15) is 4.79 Å². The third-order valence-electron chi connectivity index (χ3n) is 4.17. The number of carbonyl (C=O) groups excluding carboxylic acids is 1. The molecule has 112 valence electrons. The maximum absolute atomic E-state index is 11.7. The van der Waals surface area contributed by atoms with Gasteiger partial charge >= 0.3 is 0 Å². The lowest BCUT2D eigenvalue weighted by atomic mass is 9.86. The Bertz CT molecular complexity index is 243. The van der Waals surface area contributed by atoms with E-state index in [1.807, 2.05) is 0 Å². The molecule has 1 rings (SSSR count). The molecule has 0 saturated heterocycles. The number of unbranched alkanes of at least 4 members (excludes halogenated alkanes) is 5. The van der Waals surface area contributed by atoms with Gasteiger partial charge in [-0.2, -0.15) is 0 Å². The van der Waals surface area contributed by atoms with Gasteiger partial charge in [-0.25, -0.2) is 0 Å². The zero-order valence-corrected chi connectivity index (χ0v) is 12.6. The van der Waals surface area contributed by atoms with Crippen LogP contribution in [0.5, 0.6) is 0 Å². The van der Waals surface area contributed by atoms with Gasteiger partial charge in [0.1, 0.15) is 0 Å². The van der Waals surface area contributed by atoms with E-state index in [1.54, 1.807) is 0 Å². The summed E-state index contributed by atoms with van der Waals surface area (Å²) >= 11 is 0. The smallest absolute Gasteiger partial charge is 0.220 e. The van der Waals surface area contributed by atoms with Crippen LogP contribution in [-0.2, 0) is 4.79 Å². The third-order valence-corrected chi connectivity index (χ3v) is 4.17. The zero-order chi connectivity index (χ0) is 13.9. The minimum Gasteiger partial charge on any atom is -0.356 e. The summed E-state index contributed by atoms with van der Waals surface area (Å²) < 4.78 is 0. The highest BCUT2D eigenvalue weighted by atomic mass is 16.1. The number of nitrogens with two attached hydrogens (primary N) is 1. The third kappa shape index (κ3) is 8.25. The molecule has 0 aromatic rings. The minimum absolute atomic E-state index is 0.231. The molecule has 0 aromatic heterocycles. The molecule has 19 heavy (non-hydrogen) atoms. The highest BCUT2D eigenvalue weighted by Crippen LogP contribution is 2.22. The zero-order valence-electron chi connectivity index (χ0n) is 12.6. The SMILES string of the molecule is CCCCCCCCC(=O)NCC1CCCC(N)C1. The molecule has 0 aromatic carbocycles. The molecule has 1 aliphatic rings. The molecule has 0 heterocycles. The topological polar surface area (TPSA) is 55.1 Å². The summed E-state index contributed by atoms with van der Waals surface area (Å²) in [6.07, 6.45) is 12.8. The fourth-order valence-corrected chi connectivity index (χ4v) is 2.93. The quantitative estimate of drug-likeness (QED) is 0.630. The molecule has 3 heteroatoms. The summed E-state index contributed by atoms with van der Waals surface area (Å²) in [5.41, 5.74) is 5.96. The first kappa shape index (κ1) is 16.5. The van der Waals surface area contributed by atoms with Crippen LogP contribution in [-0.4, -0.2) is 18.5 Å². The van der Waals surface area contributed by atoms with Crippen molar-refractivity contribution >= 4 is 5.91 Å². The molecular weight excluding hydrogens is 236 g/mol. The fourth-order valence-electron chi connectivity index (χ4n) is 2.93. The predicted octanol–water partition coefficient (Wildman–Crippen LogP) is 3.37. The van der Waals surface area contributed by atoms with E-state index in [0.717, 1.165) is 25.8 Å². The second-order valence-corrected chi connectivity index (χ2v) is 6.11. The van der Waals surface area contributed by atoms with Crippen molar-refractivity contribution in [3.8, 4) is 0 Å². The Labute approximate surface area is 118 Å². The van der Waals surface area contributed by atoms with Crippen LogP contribution in [0.2, 0.25) is 0 Å². The number of amides is 1. The molecule has 1 aliphatic carbocycles. The van der Waals surface area contributed by atoms with E-state index in [1.165, 1.54) is 44.9 Å². The number of rotatable bonds is 9. The van der Waals surface area contributed by atoms with Crippen molar-refractivity contribution in [1.82, 2.24) is 5.32 Å². The monoisotopic (exact) mass is 268 g/mol. The average molecular weight is 268 g/mol. The lowest BCUT2D eigenvalue weighted by Gasteiger charge is -2.26. The first-order valence-corrected chi connectivity index (χ1v) is 8.24. The van der Waals surface area contributed by atoms with Crippen molar-refractivity contribution in [3.05, 3.63) is 0 Å². The molecule has 2 unspecified atom stereocenters. The van der Waals surface area contributed by atoms with Crippen LogP contribution >= 0.6 is 0 Å². The molecule has 3 nitrogen and oxygen atoms in total. The van der Waals surface area contributed by atoms with Crippen LogP contribution in [0.1, 0.15) is 77.6 Å². The summed E-state index contributed by atoms with van der Waals surface area (Å²) in [6.45, 7) is 3.06. The lowest BCUT2D eigenvalue weighted by Crippen LogP contribution is -2.35. The normalized spacial score (nSPS) is 23.3. The van der Waals surface area contributed by atoms with Gasteiger partial charge < -0.3 is 11.1 Å². The summed E-state index contributed by atoms with van der Waals surface area (Å²) in [5.74, 6) is 0.840. The van der Waals surface area contributed by atoms with E-state index in [0.29, 0.717) is 18.4 Å². The molecule has 0 spiro atoms. The number of nitrogens with one attached hydrogen (secondary N) is 1. The van der Waals surface area contributed by atoms with Crippen LogP contribution in [0.15, 0.2) is 0 Å². The Hall–Kier alpha value is -0.570. The van der Waals surface area contributed by atoms with Crippen molar-refractivity contribution < 1.29 is 4.79 Å². The molecule has 2 atom stereocenters. The first-order valence-electron chi connectivity index (χ1n) is 8.24. The van der Waals surface area contributed by atoms with Crippen molar-refractivity contribution in [2.45, 2.75) is 83.6 Å². The number of hydrogen-bond acceptors (Lipinski definition) is 2. The van der Waals surface area contributed by atoms with E-state index in [4.69, 9.17) is 5.73 Å². The minimum atomic E-state index is 0.231. The van der Waals surface area contributed by atoms with Gasteiger partial charge in [0.05, 0.1) is 0 Å². The van der Waals surface area contributed by atoms with Crippen molar-refractivity contribution in [3.63, 3.8) is 0 Å². The Balaban J connectivity index is 1.95. The molecule has 1 fully saturated rings. The Morgan fingerprint density at radius 2 is 1.89 bits per heavy atom. The van der Waals surface area contributed by atoms with E-state index >= 15 is 0 Å². The first-order chi connectivity index (χ1) is 9.22. The van der Waals surface area contributed by atoms with Crippen LogP contribution in [0.3, 0.4) is 0 Å². The van der Waals surface area contributed by atoms with E-state index in [-0.39, 0.29) is 5.91 Å². The largest absolute Gasteiger partial charge is 0.356 e. The molecule has 0 bridgehead atoms. The van der Waals surface area contributed by atoms with Gasteiger partial charge in [-0.1, -0.05) is 45.4 Å². The number of carbonyl (C=O) groups is 1. The van der Waals surface area contributed by atoms with Crippen LogP contribution in [0.25, 0.3) is 0 Å². The molecule has 1 amide bonds. The fraction of sp³-hybridized carbons (Fsp3) is 0.938. The van der Waals surface area contributed by atoms with Crippen molar-refractivity contribution in [2.75, 3.05) is 6.54 Å². The van der Waals surface area contributed by atoms with Gasteiger partial charge in [0.25, 0.3) is 0 Å². The highest BCUT2D eigenvalue weighted by Gasteiger charge is 2.19. The summed E-state index contributed by atoms with van der Waals surface area (Å²) in [7, 11) is 0. The van der Waals surface area contributed by atoms with Gasteiger partial charge in [0.2, 0.25) is 5.91 Å². The van der Waals surface area contributed by atoms with Gasteiger partial charge in [0.15, 0.2) is 0 Å². The Morgan fingerprint density at radius 1 is 1.16 bits per heavy atom.